The van der Waals surface area contributed by atoms with E-state index in [1.54, 1.807) is 12.1 Å². The molecular weight excluding hydrogens is 241 g/mol. The lowest BCUT2D eigenvalue weighted by Crippen LogP contribution is -1.89. The van der Waals surface area contributed by atoms with Crippen LogP contribution in [0, 0.1) is 5.82 Å². The van der Waals surface area contributed by atoms with Crippen molar-refractivity contribution < 1.29 is 8.91 Å². The molecule has 2 rings (SSSR count). The van der Waals surface area contributed by atoms with Crippen molar-refractivity contribution in [2.45, 2.75) is 24.0 Å². The number of halogens is 1. The summed E-state index contributed by atoms with van der Waals surface area (Å²) in [5.41, 5.74) is 5.88. The number of benzene rings is 1. The fraction of sp³-hybridized carbons (Fsp3) is 0.273. The standard InChI is InChI=1S/C11H12FN3OS/c1-2-10-14-11(16-15-10)6-17-9-4-3-7(13)5-8(9)12/h3-5H,2,6,13H2,1H3. The third-order valence-corrected chi connectivity index (χ3v) is 3.17. The van der Waals surface area contributed by atoms with Crippen LogP contribution in [0.25, 0.3) is 0 Å². The topological polar surface area (TPSA) is 64.9 Å². The molecule has 0 bridgehead atoms. The van der Waals surface area contributed by atoms with Gasteiger partial charge in [0.2, 0.25) is 5.89 Å². The van der Waals surface area contributed by atoms with E-state index < -0.39 is 0 Å². The number of anilines is 1. The Hall–Kier alpha value is -1.56. The van der Waals surface area contributed by atoms with E-state index >= 15 is 0 Å². The minimum atomic E-state index is -0.328. The molecule has 2 aromatic rings. The maximum atomic E-state index is 13.5. The second kappa shape index (κ2) is 5.18. The lowest BCUT2D eigenvalue weighted by atomic mass is 10.3. The molecule has 0 spiro atoms. The predicted octanol–water partition coefficient (Wildman–Crippen LogP) is 2.65. The Morgan fingerprint density at radius 3 is 2.94 bits per heavy atom. The first kappa shape index (κ1) is 11.9. The van der Waals surface area contributed by atoms with Crippen LogP contribution in [0.15, 0.2) is 27.6 Å². The Balaban J connectivity index is 2.02. The van der Waals surface area contributed by atoms with Gasteiger partial charge in [-0.25, -0.2) is 4.39 Å². The van der Waals surface area contributed by atoms with Gasteiger partial charge in [0, 0.05) is 17.0 Å². The van der Waals surface area contributed by atoms with Crippen molar-refractivity contribution in [2.24, 2.45) is 0 Å². The van der Waals surface area contributed by atoms with Crippen LogP contribution in [-0.2, 0) is 12.2 Å². The van der Waals surface area contributed by atoms with E-state index in [1.807, 2.05) is 6.92 Å². The molecule has 2 N–H and O–H groups in total. The third-order valence-electron chi connectivity index (χ3n) is 2.13. The Kier molecular flexibility index (Phi) is 3.63. The molecule has 1 aromatic heterocycles. The molecule has 0 fully saturated rings. The number of thioether (sulfide) groups is 1. The highest BCUT2D eigenvalue weighted by Gasteiger charge is 2.08. The molecular formula is C11H12FN3OS. The van der Waals surface area contributed by atoms with Gasteiger partial charge < -0.3 is 10.3 Å². The van der Waals surface area contributed by atoms with Crippen LogP contribution in [0.1, 0.15) is 18.6 Å². The molecule has 17 heavy (non-hydrogen) atoms. The van der Waals surface area contributed by atoms with Gasteiger partial charge in [0.1, 0.15) is 5.82 Å². The van der Waals surface area contributed by atoms with Crippen molar-refractivity contribution in [3.8, 4) is 0 Å². The summed E-state index contributed by atoms with van der Waals surface area (Å²) in [6.45, 7) is 1.95. The van der Waals surface area contributed by atoms with Gasteiger partial charge in [-0.2, -0.15) is 4.98 Å². The first-order valence-electron chi connectivity index (χ1n) is 5.18. The van der Waals surface area contributed by atoms with Crippen molar-refractivity contribution in [3.05, 3.63) is 35.7 Å². The lowest BCUT2D eigenvalue weighted by molar-refractivity contribution is 0.385. The number of nitrogen functional groups attached to an aromatic ring is 1. The average Bonchev–Trinajstić information content (AvgIpc) is 2.76. The van der Waals surface area contributed by atoms with Crippen LogP contribution in [0.5, 0.6) is 0 Å². The minimum Gasteiger partial charge on any atom is -0.399 e. The maximum absolute atomic E-state index is 13.5. The smallest absolute Gasteiger partial charge is 0.237 e. The van der Waals surface area contributed by atoms with E-state index in [9.17, 15) is 4.39 Å². The summed E-state index contributed by atoms with van der Waals surface area (Å²) in [6.07, 6.45) is 0.727. The van der Waals surface area contributed by atoms with E-state index in [1.165, 1.54) is 17.8 Å². The van der Waals surface area contributed by atoms with Crippen molar-refractivity contribution >= 4 is 17.4 Å². The second-order valence-corrected chi connectivity index (χ2v) is 4.45. The summed E-state index contributed by atoms with van der Waals surface area (Å²) in [5, 5.41) is 3.77. The largest absolute Gasteiger partial charge is 0.399 e. The highest BCUT2D eigenvalue weighted by atomic mass is 32.2. The molecule has 90 valence electrons. The molecule has 4 nitrogen and oxygen atoms in total. The summed E-state index contributed by atoms with van der Waals surface area (Å²) in [6, 6.07) is 4.61. The molecule has 0 aliphatic rings. The Morgan fingerprint density at radius 1 is 1.47 bits per heavy atom. The first-order chi connectivity index (χ1) is 8.19. The van der Waals surface area contributed by atoms with E-state index in [-0.39, 0.29) is 5.82 Å². The SMILES string of the molecule is CCc1noc(CSc2ccc(N)cc2F)n1. The summed E-state index contributed by atoms with van der Waals surface area (Å²) < 4.78 is 18.5. The van der Waals surface area contributed by atoms with Crippen LogP contribution in [0.4, 0.5) is 10.1 Å². The lowest BCUT2D eigenvalue weighted by Gasteiger charge is -2.01. The van der Waals surface area contributed by atoms with Crippen LogP contribution in [0.2, 0.25) is 0 Å². The summed E-state index contributed by atoms with van der Waals surface area (Å²) in [4.78, 5) is 4.67. The highest BCUT2D eigenvalue weighted by molar-refractivity contribution is 7.98. The van der Waals surface area contributed by atoms with Gasteiger partial charge in [0.25, 0.3) is 0 Å². The number of hydrogen-bond acceptors (Lipinski definition) is 5. The zero-order chi connectivity index (χ0) is 12.3. The molecule has 1 aromatic carbocycles. The first-order valence-corrected chi connectivity index (χ1v) is 6.17. The normalized spacial score (nSPS) is 10.7. The molecule has 1 heterocycles. The van der Waals surface area contributed by atoms with Crippen molar-refractivity contribution in [1.29, 1.82) is 0 Å². The van der Waals surface area contributed by atoms with Gasteiger partial charge in [0.15, 0.2) is 5.82 Å². The summed E-state index contributed by atoms with van der Waals surface area (Å²) in [5.74, 6) is 1.29. The number of nitrogens with zero attached hydrogens (tertiary/aromatic N) is 2. The van der Waals surface area contributed by atoms with Gasteiger partial charge in [-0.15, -0.1) is 11.8 Å². The van der Waals surface area contributed by atoms with Crippen molar-refractivity contribution in [3.63, 3.8) is 0 Å². The van der Waals surface area contributed by atoms with Crippen LogP contribution in [-0.4, -0.2) is 10.1 Å². The Labute approximate surface area is 102 Å². The fourth-order valence-electron chi connectivity index (χ4n) is 1.27. The van der Waals surface area contributed by atoms with E-state index in [4.69, 9.17) is 10.3 Å². The molecule has 0 unspecified atom stereocenters. The number of hydrogen-bond donors (Lipinski definition) is 1. The Morgan fingerprint density at radius 2 is 2.29 bits per heavy atom. The molecule has 0 radical (unpaired) electrons. The quantitative estimate of drug-likeness (QED) is 0.670. The van der Waals surface area contributed by atoms with Crippen LogP contribution >= 0.6 is 11.8 Å². The van der Waals surface area contributed by atoms with Crippen molar-refractivity contribution in [1.82, 2.24) is 10.1 Å². The predicted molar refractivity (Wildman–Crippen MR) is 64.0 cm³/mol. The highest BCUT2D eigenvalue weighted by Crippen LogP contribution is 2.26. The van der Waals surface area contributed by atoms with Crippen molar-refractivity contribution in [2.75, 3.05) is 5.73 Å². The molecule has 0 saturated carbocycles. The number of nitrogens with two attached hydrogens (primary N) is 1. The number of aryl methyl sites for hydroxylation is 1. The van der Waals surface area contributed by atoms with E-state index in [2.05, 4.69) is 10.1 Å². The molecule has 0 aliphatic carbocycles. The number of aromatic nitrogens is 2. The van der Waals surface area contributed by atoms with Gasteiger partial charge >= 0.3 is 0 Å². The fourth-order valence-corrected chi connectivity index (χ4v) is 2.02. The zero-order valence-corrected chi connectivity index (χ0v) is 10.1. The van der Waals surface area contributed by atoms with Crippen LogP contribution in [0.3, 0.4) is 0 Å². The average molecular weight is 253 g/mol. The molecule has 0 atom stereocenters. The van der Waals surface area contributed by atoms with E-state index in [0.717, 1.165) is 6.42 Å². The van der Waals surface area contributed by atoms with E-state index in [0.29, 0.717) is 28.1 Å². The van der Waals surface area contributed by atoms with Gasteiger partial charge in [-0.3, -0.25) is 0 Å². The zero-order valence-electron chi connectivity index (χ0n) is 9.31. The summed E-state index contributed by atoms with van der Waals surface area (Å²) in [7, 11) is 0. The molecule has 0 aliphatic heterocycles. The maximum Gasteiger partial charge on any atom is 0.237 e. The van der Waals surface area contributed by atoms with Gasteiger partial charge in [0.05, 0.1) is 5.75 Å². The van der Waals surface area contributed by atoms with Crippen LogP contribution < -0.4 is 5.73 Å². The Bertz CT molecular complexity index is 515. The molecule has 0 amide bonds. The summed E-state index contributed by atoms with van der Waals surface area (Å²) >= 11 is 1.31. The molecule has 0 saturated heterocycles. The van der Waals surface area contributed by atoms with Gasteiger partial charge in [-0.05, 0) is 18.2 Å². The minimum absolute atomic E-state index is 0.328. The monoisotopic (exact) mass is 253 g/mol. The second-order valence-electron chi connectivity index (χ2n) is 3.44. The number of rotatable bonds is 4. The molecule has 6 heteroatoms. The third kappa shape index (κ3) is 2.97. The van der Waals surface area contributed by atoms with Gasteiger partial charge in [-0.1, -0.05) is 12.1 Å².